The number of rotatable bonds is 8. The van der Waals surface area contributed by atoms with E-state index in [0.29, 0.717) is 17.9 Å². The molecule has 0 saturated carbocycles. The van der Waals surface area contributed by atoms with Gasteiger partial charge in [0.2, 0.25) is 15.9 Å². The van der Waals surface area contributed by atoms with Crippen molar-refractivity contribution in [2.24, 2.45) is 5.92 Å². The fourth-order valence-electron chi connectivity index (χ4n) is 3.82. The fourth-order valence-corrected chi connectivity index (χ4v) is 5.41. The highest BCUT2D eigenvalue weighted by atomic mass is 35.5. The van der Waals surface area contributed by atoms with Crippen molar-refractivity contribution in [1.29, 1.82) is 0 Å². The number of nitrogens with zero attached hydrogens (tertiary/aromatic N) is 1. The fraction of sp³-hybridized carbons (Fsp3) is 0.417. The van der Waals surface area contributed by atoms with Crippen molar-refractivity contribution in [1.82, 2.24) is 9.62 Å². The van der Waals surface area contributed by atoms with Gasteiger partial charge >= 0.3 is 5.97 Å². The first-order chi connectivity index (χ1) is 15.7. The van der Waals surface area contributed by atoms with Gasteiger partial charge in [0.1, 0.15) is 0 Å². The van der Waals surface area contributed by atoms with Gasteiger partial charge in [0.15, 0.2) is 0 Å². The molecular weight excluding hydrogens is 464 g/mol. The van der Waals surface area contributed by atoms with Crippen LogP contribution in [0.1, 0.15) is 44.7 Å². The third-order valence-electron chi connectivity index (χ3n) is 5.53. The Labute approximate surface area is 200 Å². The lowest BCUT2D eigenvalue weighted by atomic mass is 9.95. The van der Waals surface area contributed by atoms with E-state index in [2.05, 4.69) is 5.32 Å². The minimum atomic E-state index is -3.64. The summed E-state index contributed by atoms with van der Waals surface area (Å²) in [6.07, 6.45) is 0.585. The topological polar surface area (TPSA) is 92.8 Å². The van der Waals surface area contributed by atoms with Crippen LogP contribution in [0.25, 0.3) is 0 Å². The number of esters is 1. The maximum absolute atomic E-state index is 13.0. The van der Waals surface area contributed by atoms with Gasteiger partial charge < -0.3 is 10.1 Å². The molecule has 0 aliphatic carbocycles. The van der Waals surface area contributed by atoms with E-state index < -0.39 is 16.1 Å². The predicted octanol–water partition coefficient (Wildman–Crippen LogP) is 3.94. The Morgan fingerprint density at radius 3 is 2.24 bits per heavy atom. The molecule has 0 aromatic heterocycles. The Kier molecular flexibility index (Phi) is 8.51. The number of ether oxygens (including phenoxy) is 1. The summed E-state index contributed by atoms with van der Waals surface area (Å²) in [5.41, 5.74) is 0.814. The van der Waals surface area contributed by atoms with Crippen LogP contribution in [0.15, 0.2) is 59.5 Å². The second-order valence-corrected chi connectivity index (χ2v) is 10.7. The Bertz CT molecular complexity index is 1050. The molecule has 178 valence electrons. The van der Waals surface area contributed by atoms with Gasteiger partial charge in [-0.1, -0.05) is 41.9 Å². The van der Waals surface area contributed by atoms with Gasteiger partial charge in [0.25, 0.3) is 0 Å². The van der Waals surface area contributed by atoms with Gasteiger partial charge in [0.05, 0.1) is 23.5 Å². The summed E-state index contributed by atoms with van der Waals surface area (Å²) in [5, 5.41) is 3.44. The average molecular weight is 493 g/mol. The molecule has 1 unspecified atom stereocenters. The van der Waals surface area contributed by atoms with Gasteiger partial charge in [-0.15, -0.1) is 0 Å². The Balaban J connectivity index is 1.63. The summed E-state index contributed by atoms with van der Waals surface area (Å²) in [7, 11) is -3.64. The summed E-state index contributed by atoms with van der Waals surface area (Å²) >= 11 is 5.86. The van der Waals surface area contributed by atoms with E-state index in [1.54, 1.807) is 26.0 Å². The number of hydrogen-bond acceptors (Lipinski definition) is 5. The molecule has 1 aliphatic heterocycles. The monoisotopic (exact) mass is 492 g/mol. The van der Waals surface area contributed by atoms with Gasteiger partial charge in [-0.25, -0.2) is 8.42 Å². The number of hydrogen-bond donors (Lipinski definition) is 1. The number of piperidine rings is 1. The van der Waals surface area contributed by atoms with Gasteiger partial charge in [-0.05, 0) is 56.5 Å². The zero-order valence-corrected chi connectivity index (χ0v) is 20.3. The molecule has 0 radical (unpaired) electrons. The van der Waals surface area contributed by atoms with Crippen molar-refractivity contribution in [3.63, 3.8) is 0 Å². The van der Waals surface area contributed by atoms with Crippen LogP contribution >= 0.6 is 11.6 Å². The largest absolute Gasteiger partial charge is 0.463 e. The third kappa shape index (κ3) is 6.79. The molecule has 33 heavy (non-hydrogen) atoms. The molecule has 0 bridgehead atoms. The molecule has 9 heteroatoms. The van der Waals surface area contributed by atoms with Crippen LogP contribution in [0.4, 0.5) is 0 Å². The quantitative estimate of drug-likeness (QED) is 0.563. The van der Waals surface area contributed by atoms with Gasteiger partial charge in [0, 0.05) is 24.0 Å². The first-order valence-corrected chi connectivity index (χ1v) is 12.8. The van der Waals surface area contributed by atoms with E-state index in [0.717, 1.165) is 5.56 Å². The van der Waals surface area contributed by atoms with Crippen LogP contribution in [0.3, 0.4) is 0 Å². The number of halogens is 1. The third-order valence-corrected chi connectivity index (χ3v) is 7.70. The summed E-state index contributed by atoms with van der Waals surface area (Å²) in [6.45, 7) is 4.04. The van der Waals surface area contributed by atoms with E-state index in [1.165, 1.54) is 16.4 Å². The maximum atomic E-state index is 13.0. The lowest BCUT2D eigenvalue weighted by Crippen LogP contribution is -2.44. The summed E-state index contributed by atoms with van der Waals surface area (Å²) in [5.74, 6) is -0.915. The van der Waals surface area contributed by atoms with Crippen molar-refractivity contribution in [3.8, 4) is 0 Å². The number of sulfonamides is 1. The standard InChI is InChI=1S/C24H29ClN2O5S/c1-17(2)32-23(28)16-22(18-6-4-3-5-7-18)26-24(29)19-12-14-27(15-13-19)33(30,31)21-10-8-20(25)9-11-21/h3-11,17,19,22H,12-16H2,1-2H3,(H,26,29). The number of nitrogens with one attached hydrogen (secondary N) is 1. The van der Waals surface area contributed by atoms with Crippen LogP contribution in [0, 0.1) is 5.92 Å². The first kappa shape index (κ1) is 25.2. The minimum Gasteiger partial charge on any atom is -0.463 e. The predicted molar refractivity (Wildman–Crippen MR) is 126 cm³/mol. The highest BCUT2D eigenvalue weighted by Gasteiger charge is 2.33. The lowest BCUT2D eigenvalue weighted by Gasteiger charge is -2.31. The van der Waals surface area contributed by atoms with Crippen molar-refractivity contribution in [2.45, 2.75) is 50.2 Å². The summed E-state index contributed by atoms with van der Waals surface area (Å²) in [4.78, 5) is 25.4. The van der Waals surface area contributed by atoms with Crippen molar-refractivity contribution in [2.75, 3.05) is 13.1 Å². The zero-order chi connectivity index (χ0) is 24.0. The minimum absolute atomic E-state index is 0.0255. The number of benzene rings is 2. The van der Waals surface area contributed by atoms with E-state index in [4.69, 9.17) is 16.3 Å². The van der Waals surface area contributed by atoms with Crippen LogP contribution < -0.4 is 5.32 Å². The summed E-state index contributed by atoms with van der Waals surface area (Å²) < 4.78 is 32.4. The van der Waals surface area contributed by atoms with E-state index in [1.807, 2.05) is 30.3 Å². The van der Waals surface area contributed by atoms with Crippen LogP contribution in [-0.2, 0) is 24.3 Å². The second kappa shape index (κ2) is 11.1. The average Bonchev–Trinajstić information content (AvgIpc) is 2.79. The molecule has 7 nitrogen and oxygen atoms in total. The number of amides is 1. The molecule has 3 rings (SSSR count). The molecule has 0 spiro atoms. The molecule has 1 fully saturated rings. The number of carbonyl (C=O) groups excluding carboxylic acids is 2. The molecule has 1 heterocycles. The molecule has 1 saturated heterocycles. The van der Waals surface area contributed by atoms with E-state index >= 15 is 0 Å². The summed E-state index contributed by atoms with van der Waals surface area (Å²) in [6, 6.07) is 14.8. The Morgan fingerprint density at radius 1 is 1.06 bits per heavy atom. The van der Waals surface area contributed by atoms with Crippen molar-refractivity contribution < 1.29 is 22.7 Å². The molecule has 2 aromatic carbocycles. The second-order valence-electron chi connectivity index (χ2n) is 8.35. The molecule has 1 atom stereocenters. The molecule has 2 aromatic rings. The van der Waals surface area contributed by atoms with Crippen molar-refractivity contribution >= 4 is 33.5 Å². The Hall–Kier alpha value is -2.42. The van der Waals surface area contributed by atoms with Crippen LogP contribution in [-0.4, -0.2) is 43.8 Å². The van der Waals surface area contributed by atoms with E-state index in [-0.39, 0.29) is 48.3 Å². The van der Waals surface area contributed by atoms with Crippen LogP contribution in [0.5, 0.6) is 0 Å². The zero-order valence-electron chi connectivity index (χ0n) is 18.7. The van der Waals surface area contributed by atoms with Gasteiger partial charge in [-0.2, -0.15) is 4.31 Å². The maximum Gasteiger partial charge on any atom is 0.308 e. The molecule has 1 N–H and O–H groups in total. The SMILES string of the molecule is CC(C)OC(=O)CC(NC(=O)C1CCN(S(=O)(=O)c2ccc(Cl)cc2)CC1)c1ccccc1. The van der Waals surface area contributed by atoms with Gasteiger partial charge in [-0.3, -0.25) is 9.59 Å². The number of carbonyl (C=O) groups is 2. The lowest BCUT2D eigenvalue weighted by molar-refractivity contribution is -0.148. The molecular formula is C24H29ClN2O5S. The van der Waals surface area contributed by atoms with E-state index in [9.17, 15) is 18.0 Å². The first-order valence-electron chi connectivity index (χ1n) is 11.0. The normalized spacial score (nSPS) is 16.4. The van der Waals surface area contributed by atoms with Crippen molar-refractivity contribution in [3.05, 3.63) is 65.2 Å². The van der Waals surface area contributed by atoms with Crippen LogP contribution in [0.2, 0.25) is 5.02 Å². The molecule has 1 amide bonds. The molecule has 1 aliphatic rings. The highest BCUT2D eigenvalue weighted by molar-refractivity contribution is 7.89. The highest BCUT2D eigenvalue weighted by Crippen LogP contribution is 2.26. The Morgan fingerprint density at radius 2 is 1.67 bits per heavy atom. The smallest absolute Gasteiger partial charge is 0.308 e.